The van der Waals surface area contributed by atoms with E-state index in [-0.39, 0.29) is 6.61 Å². The van der Waals surface area contributed by atoms with E-state index in [0.29, 0.717) is 41.6 Å². The molecule has 2 aliphatic rings. The van der Waals surface area contributed by atoms with Gasteiger partial charge in [-0.05, 0) is 126 Å². The predicted molar refractivity (Wildman–Crippen MR) is 213 cm³/mol. The lowest BCUT2D eigenvalue weighted by Crippen LogP contribution is -2.41. The first-order chi connectivity index (χ1) is 25.8. The zero-order valence-electron chi connectivity index (χ0n) is 31.8. The molecule has 0 unspecified atom stereocenters. The average Bonchev–Trinajstić information content (AvgIpc) is 3.18. The van der Waals surface area contributed by atoms with Gasteiger partial charge in [0.1, 0.15) is 36.5 Å². The second-order valence-corrected chi connectivity index (χ2v) is 15.0. The van der Waals surface area contributed by atoms with Crippen molar-refractivity contribution < 1.29 is 14.2 Å². The van der Waals surface area contributed by atoms with Crippen LogP contribution in [0, 0.1) is 25.2 Å². The molecule has 6 rings (SSSR count). The van der Waals surface area contributed by atoms with Gasteiger partial charge in [-0.1, -0.05) is 48.4 Å². The smallest absolute Gasteiger partial charge is 0.142 e. The summed E-state index contributed by atoms with van der Waals surface area (Å²) >= 11 is 6.93. The molecule has 1 N–H and O–H groups in total. The normalized spacial score (nSPS) is 17.0. The van der Waals surface area contributed by atoms with Gasteiger partial charge in [-0.3, -0.25) is 9.88 Å². The van der Waals surface area contributed by atoms with E-state index < -0.39 is 0 Å². The fourth-order valence-corrected chi connectivity index (χ4v) is 7.85. The Kier molecular flexibility index (Phi) is 13.7. The Morgan fingerprint density at radius 3 is 2.40 bits per heavy atom. The van der Waals surface area contributed by atoms with Crippen LogP contribution in [0.5, 0.6) is 17.2 Å². The molecule has 0 aliphatic carbocycles. The highest BCUT2D eigenvalue weighted by atomic mass is 35.5. The second kappa shape index (κ2) is 18.8. The molecule has 0 saturated carbocycles. The Balaban J connectivity index is 1.14. The van der Waals surface area contributed by atoms with Crippen molar-refractivity contribution in [3.8, 4) is 34.4 Å². The van der Waals surface area contributed by atoms with Crippen molar-refractivity contribution in [3.05, 3.63) is 105 Å². The van der Waals surface area contributed by atoms with Gasteiger partial charge in [0.2, 0.25) is 0 Å². The Hall–Kier alpha value is -4.13. The first-order valence-corrected chi connectivity index (χ1v) is 19.6. The summed E-state index contributed by atoms with van der Waals surface area (Å²) in [5.41, 5.74) is 8.06. The number of nitriles is 1. The molecule has 2 fully saturated rings. The quantitative estimate of drug-likeness (QED) is 0.121. The molecule has 280 valence electrons. The van der Waals surface area contributed by atoms with Crippen LogP contribution in [0.2, 0.25) is 5.02 Å². The maximum absolute atomic E-state index is 9.36. The highest BCUT2D eigenvalue weighted by molar-refractivity contribution is 6.32. The summed E-state index contributed by atoms with van der Waals surface area (Å²) in [4.78, 5) is 9.25. The number of likely N-dealkylation sites (tertiary alicyclic amines) is 2. The monoisotopic (exact) mass is 735 g/mol. The number of nitrogens with zero attached hydrogens (tertiary/aromatic N) is 4. The van der Waals surface area contributed by atoms with Crippen molar-refractivity contribution in [3.63, 3.8) is 0 Å². The van der Waals surface area contributed by atoms with Crippen LogP contribution in [-0.4, -0.2) is 66.7 Å². The number of hydrogen-bond acceptors (Lipinski definition) is 8. The molecule has 0 amide bonds. The standard InChI is InChI=1S/C44H54ClN5O3/c1-31-10-5-6-18-50(31)28-37-23-41(45)44(24-43(37)52-29-35-22-34(25-46)26-48-27-35)53-30-36-11-7-12-39(32(36)2)40-13-8-14-42(33(40)3)51-21-9-17-49-19-15-38(47-4)16-20-49/h7-8,11-14,22-24,26-27,31,38,47H,5-6,9-10,15-21,28-30H2,1-4H3/t31-/m1/s1. The average molecular weight is 736 g/mol. The summed E-state index contributed by atoms with van der Waals surface area (Å²) in [6.07, 6.45) is 10.4. The third-order valence-electron chi connectivity index (χ3n) is 11.0. The minimum Gasteiger partial charge on any atom is -0.493 e. The maximum Gasteiger partial charge on any atom is 0.142 e. The Bertz CT molecular complexity index is 1870. The van der Waals surface area contributed by atoms with Gasteiger partial charge in [0.25, 0.3) is 0 Å². The van der Waals surface area contributed by atoms with Crippen LogP contribution in [0.25, 0.3) is 11.1 Å². The molecule has 8 nitrogen and oxygen atoms in total. The van der Waals surface area contributed by atoms with E-state index in [4.69, 9.17) is 25.8 Å². The summed E-state index contributed by atoms with van der Waals surface area (Å²) in [6.45, 7) is 13.1. The van der Waals surface area contributed by atoms with Crippen molar-refractivity contribution in [2.75, 3.05) is 39.8 Å². The van der Waals surface area contributed by atoms with Crippen molar-refractivity contribution in [2.45, 2.75) is 91.1 Å². The maximum atomic E-state index is 9.36. The lowest BCUT2D eigenvalue weighted by molar-refractivity contribution is 0.150. The van der Waals surface area contributed by atoms with Gasteiger partial charge in [-0.25, -0.2) is 0 Å². The van der Waals surface area contributed by atoms with E-state index in [1.54, 1.807) is 12.4 Å². The summed E-state index contributed by atoms with van der Waals surface area (Å²) in [5, 5.41) is 13.3. The molecule has 0 spiro atoms. The third-order valence-corrected chi connectivity index (χ3v) is 11.3. The molecule has 0 radical (unpaired) electrons. The molecule has 53 heavy (non-hydrogen) atoms. The molecular formula is C44H54ClN5O3. The zero-order valence-corrected chi connectivity index (χ0v) is 32.6. The largest absolute Gasteiger partial charge is 0.493 e. The number of benzene rings is 3. The van der Waals surface area contributed by atoms with E-state index >= 15 is 0 Å². The van der Waals surface area contributed by atoms with Gasteiger partial charge in [0.05, 0.1) is 17.2 Å². The Morgan fingerprint density at radius 1 is 0.849 bits per heavy atom. The van der Waals surface area contributed by atoms with Crippen LogP contribution < -0.4 is 19.5 Å². The number of ether oxygens (including phenoxy) is 3. The molecule has 2 saturated heterocycles. The first-order valence-electron chi connectivity index (χ1n) is 19.2. The van der Waals surface area contributed by atoms with Gasteiger partial charge < -0.3 is 24.4 Å². The van der Waals surface area contributed by atoms with Gasteiger partial charge in [-0.15, -0.1) is 0 Å². The van der Waals surface area contributed by atoms with Crippen molar-refractivity contribution >= 4 is 11.6 Å². The summed E-state index contributed by atoms with van der Waals surface area (Å²) in [5.74, 6) is 2.23. The lowest BCUT2D eigenvalue weighted by Gasteiger charge is -2.33. The zero-order chi connectivity index (χ0) is 37.2. The molecule has 1 atom stereocenters. The molecule has 3 aromatic carbocycles. The van der Waals surface area contributed by atoms with Crippen LogP contribution >= 0.6 is 11.6 Å². The van der Waals surface area contributed by atoms with Gasteiger partial charge in [0.15, 0.2) is 0 Å². The van der Waals surface area contributed by atoms with Crippen LogP contribution in [0.3, 0.4) is 0 Å². The van der Waals surface area contributed by atoms with Gasteiger partial charge in [0, 0.05) is 54.8 Å². The molecule has 9 heteroatoms. The number of hydrogen-bond donors (Lipinski definition) is 1. The van der Waals surface area contributed by atoms with Crippen molar-refractivity contribution in [1.82, 2.24) is 20.1 Å². The molecule has 4 aromatic rings. The van der Waals surface area contributed by atoms with E-state index in [9.17, 15) is 5.26 Å². The van der Waals surface area contributed by atoms with Crippen LogP contribution in [0.1, 0.15) is 78.8 Å². The Labute approximate surface area is 321 Å². The number of aromatic nitrogens is 1. The van der Waals surface area contributed by atoms with Crippen molar-refractivity contribution in [2.24, 2.45) is 0 Å². The summed E-state index contributed by atoms with van der Waals surface area (Å²) < 4.78 is 19.2. The number of nitrogens with one attached hydrogen (secondary N) is 1. The van der Waals surface area contributed by atoms with Gasteiger partial charge >= 0.3 is 0 Å². The number of rotatable bonds is 15. The Morgan fingerprint density at radius 2 is 1.62 bits per heavy atom. The minimum atomic E-state index is 0.283. The minimum absolute atomic E-state index is 0.283. The topological polar surface area (TPSA) is 82.9 Å². The summed E-state index contributed by atoms with van der Waals surface area (Å²) in [7, 11) is 2.06. The molecular weight excluding hydrogens is 682 g/mol. The second-order valence-electron chi connectivity index (χ2n) is 14.6. The first kappa shape index (κ1) is 38.6. The number of piperidine rings is 2. The predicted octanol–water partition coefficient (Wildman–Crippen LogP) is 8.88. The van der Waals surface area contributed by atoms with Crippen LogP contribution in [-0.2, 0) is 19.8 Å². The van der Waals surface area contributed by atoms with Gasteiger partial charge in [-0.2, -0.15) is 5.26 Å². The molecule has 0 bridgehead atoms. The highest BCUT2D eigenvalue weighted by Crippen LogP contribution is 2.37. The fraction of sp³-hybridized carbons (Fsp3) is 0.455. The fourth-order valence-electron chi connectivity index (χ4n) is 7.61. The van der Waals surface area contributed by atoms with E-state index in [0.717, 1.165) is 89.6 Å². The van der Waals surface area contributed by atoms with Crippen molar-refractivity contribution in [1.29, 1.82) is 5.26 Å². The van der Waals surface area contributed by atoms with E-state index in [1.165, 1.54) is 32.1 Å². The third kappa shape index (κ3) is 10.1. The summed E-state index contributed by atoms with van der Waals surface area (Å²) in [6, 6.07) is 21.7. The van der Waals surface area contributed by atoms with Crippen LogP contribution in [0.15, 0.2) is 67.0 Å². The SMILES string of the molecule is CNC1CCN(CCCOc2cccc(-c3cccc(COc4cc(OCc5cncc(C#N)c5)c(CN5CCCC[C@H]5C)cc4Cl)c3C)c2C)CC1. The van der Waals surface area contributed by atoms with E-state index in [2.05, 4.69) is 90.4 Å². The van der Waals surface area contributed by atoms with Crippen LogP contribution in [0.4, 0.5) is 0 Å². The highest BCUT2D eigenvalue weighted by Gasteiger charge is 2.22. The van der Waals surface area contributed by atoms with E-state index in [1.807, 2.05) is 18.2 Å². The molecule has 3 heterocycles. The lowest BCUT2D eigenvalue weighted by atomic mass is 9.93. The molecule has 1 aromatic heterocycles. The number of halogens is 1. The number of pyridine rings is 1. The molecule has 2 aliphatic heterocycles.